The zero-order chi connectivity index (χ0) is 18.5. The quantitative estimate of drug-likeness (QED) is 0.667. The maximum Gasteiger partial charge on any atom is 0.274 e. The first kappa shape index (κ1) is 17.9. The van der Waals surface area contributed by atoms with E-state index in [2.05, 4.69) is 20.6 Å². The highest BCUT2D eigenvalue weighted by Gasteiger charge is 2.13. The van der Waals surface area contributed by atoms with Gasteiger partial charge in [-0.25, -0.2) is 9.97 Å². The van der Waals surface area contributed by atoms with Gasteiger partial charge < -0.3 is 10.6 Å². The van der Waals surface area contributed by atoms with Crippen LogP contribution in [0.15, 0.2) is 54.6 Å². The van der Waals surface area contributed by atoms with Gasteiger partial charge in [0, 0.05) is 11.4 Å². The number of anilines is 3. The minimum atomic E-state index is -0.279. The van der Waals surface area contributed by atoms with Crippen LogP contribution < -0.4 is 10.6 Å². The summed E-state index contributed by atoms with van der Waals surface area (Å²) in [6, 6.07) is 16.7. The standard InChI is InChI=1S/C20H19ClN4O/c1-3-14-8-4-6-10-16(14)23-19(26)18-12-13(2)22-20(25-18)24-17-11-7-5-9-15(17)21/h4-12H,3H2,1-2H3,(H,23,26)(H,22,24,25). The molecular formula is C20H19ClN4O. The molecule has 0 atom stereocenters. The van der Waals surface area contributed by atoms with Gasteiger partial charge in [-0.05, 0) is 43.2 Å². The molecule has 26 heavy (non-hydrogen) atoms. The van der Waals surface area contributed by atoms with Crippen molar-refractivity contribution in [2.45, 2.75) is 20.3 Å². The Morgan fingerprint density at radius 2 is 1.73 bits per heavy atom. The topological polar surface area (TPSA) is 66.9 Å². The number of amides is 1. The molecule has 0 radical (unpaired) electrons. The van der Waals surface area contributed by atoms with Gasteiger partial charge in [0.2, 0.25) is 5.95 Å². The molecule has 2 aromatic carbocycles. The van der Waals surface area contributed by atoms with Crippen molar-refractivity contribution >= 4 is 34.8 Å². The molecule has 0 aliphatic rings. The third-order valence-electron chi connectivity index (χ3n) is 3.85. The lowest BCUT2D eigenvalue weighted by molar-refractivity contribution is 0.102. The highest BCUT2D eigenvalue weighted by Crippen LogP contribution is 2.23. The predicted octanol–water partition coefficient (Wildman–Crippen LogP) is 5.00. The molecule has 0 unspecified atom stereocenters. The highest BCUT2D eigenvalue weighted by atomic mass is 35.5. The van der Waals surface area contributed by atoms with Crippen molar-refractivity contribution in [1.29, 1.82) is 0 Å². The fourth-order valence-corrected chi connectivity index (χ4v) is 2.74. The number of rotatable bonds is 5. The molecule has 0 saturated carbocycles. The van der Waals surface area contributed by atoms with Crippen LogP contribution in [0.4, 0.5) is 17.3 Å². The molecule has 0 spiro atoms. The Balaban J connectivity index is 1.85. The van der Waals surface area contributed by atoms with Crippen molar-refractivity contribution < 1.29 is 4.79 Å². The summed E-state index contributed by atoms with van der Waals surface area (Å²) in [5, 5.41) is 6.54. The number of nitrogens with zero attached hydrogens (tertiary/aromatic N) is 2. The number of aryl methyl sites for hydroxylation is 2. The van der Waals surface area contributed by atoms with Crippen LogP contribution in [0.5, 0.6) is 0 Å². The van der Waals surface area contributed by atoms with Gasteiger partial charge in [0.05, 0.1) is 10.7 Å². The summed E-state index contributed by atoms with van der Waals surface area (Å²) in [6.45, 7) is 3.86. The molecule has 3 rings (SSSR count). The molecule has 132 valence electrons. The summed E-state index contributed by atoms with van der Waals surface area (Å²) in [4.78, 5) is 21.3. The first-order chi connectivity index (χ1) is 12.6. The third-order valence-corrected chi connectivity index (χ3v) is 4.18. The Kier molecular flexibility index (Phi) is 5.49. The molecule has 1 heterocycles. The fraction of sp³-hybridized carbons (Fsp3) is 0.150. The number of carbonyl (C=O) groups is 1. The second-order valence-corrected chi connectivity index (χ2v) is 6.20. The minimum Gasteiger partial charge on any atom is -0.323 e. The van der Waals surface area contributed by atoms with Crippen LogP contribution >= 0.6 is 11.6 Å². The average molecular weight is 367 g/mol. The molecule has 0 aliphatic carbocycles. The van der Waals surface area contributed by atoms with Crippen LogP contribution in [0.2, 0.25) is 5.02 Å². The maximum atomic E-state index is 12.7. The van der Waals surface area contributed by atoms with Crippen LogP contribution in [0.3, 0.4) is 0 Å². The van der Waals surface area contributed by atoms with Crippen LogP contribution in [0.25, 0.3) is 0 Å². The molecule has 1 amide bonds. The molecule has 2 N–H and O–H groups in total. The van der Waals surface area contributed by atoms with E-state index in [1.165, 1.54) is 0 Å². The molecule has 0 aliphatic heterocycles. The van der Waals surface area contributed by atoms with Gasteiger partial charge in [-0.3, -0.25) is 4.79 Å². The Morgan fingerprint density at radius 1 is 1.04 bits per heavy atom. The molecule has 0 bridgehead atoms. The number of hydrogen-bond acceptors (Lipinski definition) is 4. The van der Waals surface area contributed by atoms with E-state index in [9.17, 15) is 4.79 Å². The van der Waals surface area contributed by atoms with E-state index in [-0.39, 0.29) is 11.6 Å². The molecular weight excluding hydrogens is 348 g/mol. The van der Waals surface area contributed by atoms with Crippen molar-refractivity contribution in [3.05, 3.63) is 76.6 Å². The largest absolute Gasteiger partial charge is 0.323 e. The van der Waals surface area contributed by atoms with E-state index < -0.39 is 0 Å². The lowest BCUT2D eigenvalue weighted by Crippen LogP contribution is -2.16. The van der Waals surface area contributed by atoms with E-state index >= 15 is 0 Å². The summed E-state index contributed by atoms with van der Waals surface area (Å²) >= 11 is 6.16. The van der Waals surface area contributed by atoms with Crippen LogP contribution in [-0.4, -0.2) is 15.9 Å². The Labute approximate surface area is 157 Å². The van der Waals surface area contributed by atoms with Crippen molar-refractivity contribution in [3.8, 4) is 0 Å². The second-order valence-electron chi connectivity index (χ2n) is 5.79. The number of benzene rings is 2. The number of halogens is 1. The van der Waals surface area contributed by atoms with Crippen molar-refractivity contribution in [3.63, 3.8) is 0 Å². The average Bonchev–Trinajstić information content (AvgIpc) is 2.63. The van der Waals surface area contributed by atoms with Gasteiger partial charge in [-0.2, -0.15) is 0 Å². The zero-order valence-electron chi connectivity index (χ0n) is 14.6. The van der Waals surface area contributed by atoms with Gasteiger partial charge in [-0.15, -0.1) is 0 Å². The number of carbonyl (C=O) groups excluding carboxylic acids is 1. The maximum absolute atomic E-state index is 12.7. The lowest BCUT2D eigenvalue weighted by atomic mass is 10.1. The van der Waals surface area contributed by atoms with Crippen LogP contribution in [0.1, 0.15) is 28.7 Å². The summed E-state index contributed by atoms with van der Waals surface area (Å²) in [6.07, 6.45) is 0.832. The van der Waals surface area contributed by atoms with Crippen molar-refractivity contribution in [2.75, 3.05) is 10.6 Å². The van der Waals surface area contributed by atoms with Gasteiger partial charge in [0.1, 0.15) is 5.69 Å². The Bertz CT molecular complexity index is 943. The van der Waals surface area contributed by atoms with Crippen molar-refractivity contribution in [2.24, 2.45) is 0 Å². The SMILES string of the molecule is CCc1ccccc1NC(=O)c1cc(C)nc(Nc2ccccc2Cl)n1. The van der Waals surface area contributed by atoms with E-state index in [0.29, 0.717) is 22.4 Å². The molecule has 3 aromatic rings. The van der Waals surface area contributed by atoms with Gasteiger partial charge in [-0.1, -0.05) is 48.9 Å². The summed E-state index contributed by atoms with van der Waals surface area (Å²) in [5.74, 6) is 0.0469. The molecule has 0 saturated heterocycles. The fourth-order valence-electron chi connectivity index (χ4n) is 2.56. The first-order valence-electron chi connectivity index (χ1n) is 8.33. The second kappa shape index (κ2) is 7.97. The normalized spacial score (nSPS) is 10.4. The summed E-state index contributed by atoms with van der Waals surface area (Å²) in [7, 11) is 0. The Hall–Kier alpha value is -2.92. The highest BCUT2D eigenvalue weighted by molar-refractivity contribution is 6.33. The van der Waals surface area contributed by atoms with E-state index in [1.54, 1.807) is 12.1 Å². The number of nitrogens with one attached hydrogen (secondary N) is 2. The molecule has 0 fully saturated rings. The first-order valence-corrected chi connectivity index (χ1v) is 8.71. The van der Waals surface area contributed by atoms with Gasteiger partial charge >= 0.3 is 0 Å². The van der Waals surface area contributed by atoms with E-state index in [4.69, 9.17) is 11.6 Å². The van der Waals surface area contributed by atoms with Gasteiger partial charge in [0.25, 0.3) is 5.91 Å². The van der Waals surface area contributed by atoms with Crippen LogP contribution in [-0.2, 0) is 6.42 Å². The van der Waals surface area contributed by atoms with Gasteiger partial charge in [0.15, 0.2) is 0 Å². The summed E-state index contributed by atoms with van der Waals surface area (Å²) in [5.41, 5.74) is 3.52. The number of para-hydroxylation sites is 2. The van der Waals surface area contributed by atoms with Crippen molar-refractivity contribution in [1.82, 2.24) is 9.97 Å². The number of hydrogen-bond donors (Lipinski definition) is 2. The van der Waals surface area contributed by atoms with Crippen LogP contribution in [0, 0.1) is 6.92 Å². The monoisotopic (exact) mass is 366 g/mol. The predicted molar refractivity (Wildman–Crippen MR) is 105 cm³/mol. The number of aromatic nitrogens is 2. The molecule has 6 heteroatoms. The third kappa shape index (κ3) is 4.18. The van der Waals surface area contributed by atoms with E-state index in [0.717, 1.165) is 17.7 Å². The molecule has 5 nitrogen and oxygen atoms in total. The lowest BCUT2D eigenvalue weighted by Gasteiger charge is -2.11. The smallest absolute Gasteiger partial charge is 0.274 e. The minimum absolute atomic E-state index is 0.279. The summed E-state index contributed by atoms with van der Waals surface area (Å²) < 4.78 is 0. The Morgan fingerprint density at radius 3 is 2.46 bits per heavy atom. The molecule has 1 aromatic heterocycles. The van der Waals surface area contributed by atoms with E-state index in [1.807, 2.05) is 56.3 Å². The zero-order valence-corrected chi connectivity index (χ0v) is 15.3.